The molecular formula is C19H27FN2O2. The van der Waals surface area contributed by atoms with Crippen molar-refractivity contribution in [2.45, 2.75) is 44.8 Å². The summed E-state index contributed by atoms with van der Waals surface area (Å²) in [5, 5.41) is 10.9. The van der Waals surface area contributed by atoms with Gasteiger partial charge in [0, 0.05) is 25.2 Å². The van der Waals surface area contributed by atoms with Crippen LogP contribution in [0.4, 0.5) is 4.39 Å². The molecule has 2 aliphatic rings. The number of carbonyl (C=O) groups excluding carboxylic acids is 1. The van der Waals surface area contributed by atoms with Gasteiger partial charge < -0.3 is 10.0 Å². The second-order valence-electron chi connectivity index (χ2n) is 7.41. The molecule has 1 aromatic carbocycles. The van der Waals surface area contributed by atoms with Crippen LogP contribution < -0.4 is 0 Å². The molecule has 132 valence electrons. The number of benzene rings is 1. The summed E-state index contributed by atoms with van der Waals surface area (Å²) in [6.45, 7) is 5.31. The Bertz CT molecular complexity index is 586. The van der Waals surface area contributed by atoms with E-state index in [1.165, 1.54) is 6.07 Å². The van der Waals surface area contributed by atoms with Gasteiger partial charge in [-0.2, -0.15) is 0 Å². The van der Waals surface area contributed by atoms with Crippen LogP contribution in [-0.2, 0) is 11.3 Å². The molecule has 0 bridgehead atoms. The van der Waals surface area contributed by atoms with E-state index >= 15 is 0 Å². The molecule has 1 aromatic rings. The number of hydrogen-bond donors (Lipinski definition) is 1. The Kier molecular flexibility index (Phi) is 5.21. The summed E-state index contributed by atoms with van der Waals surface area (Å²) in [5.74, 6) is 0.163. The fraction of sp³-hybridized carbons (Fsp3) is 0.632. The number of piperidine rings is 2. The third-order valence-electron chi connectivity index (χ3n) is 5.38. The third-order valence-corrected chi connectivity index (χ3v) is 5.38. The molecule has 0 unspecified atom stereocenters. The molecule has 1 amide bonds. The third kappa shape index (κ3) is 3.78. The number of nitrogens with zero attached hydrogens (tertiary/aromatic N) is 2. The predicted molar refractivity (Wildman–Crippen MR) is 90.8 cm³/mol. The zero-order chi connectivity index (χ0) is 17.2. The first-order chi connectivity index (χ1) is 11.5. The Morgan fingerprint density at radius 1 is 1.25 bits per heavy atom. The Morgan fingerprint density at radius 2 is 1.96 bits per heavy atom. The molecule has 2 heterocycles. The number of hydrogen-bond acceptors (Lipinski definition) is 3. The van der Waals surface area contributed by atoms with Crippen molar-refractivity contribution in [3.05, 3.63) is 35.6 Å². The van der Waals surface area contributed by atoms with Gasteiger partial charge in [-0.3, -0.25) is 9.69 Å². The lowest BCUT2D eigenvalue weighted by Gasteiger charge is -2.42. The summed E-state index contributed by atoms with van der Waals surface area (Å²) in [6, 6.07) is 6.52. The van der Waals surface area contributed by atoms with E-state index in [0.717, 1.165) is 38.3 Å². The molecule has 2 aliphatic heterocycles. The first kappa shape index (κ1) is 17.4. The van der Waals surface area contributed by atoms with Crippen molar-refractivity contribution < 1.29 is 14.3 Å². The molecule has 1 N–H and O–H groups in total. The highest BCUT2D eigenvalue weighted by Crippen LogP contribution is 2.27. The SMILES string of the molecule is CC1CCN(C[C@]2(O)CCCN(Cc3ccccc3F)C2=O)CC1. The van der Waals surface area contributed by atoms with Gasteiger partial charge in [0.2, 0.25) is 0 Å². The van der Waals surface area contributed by atoms with Crippen LogP contribution in [-0.4, -0.2) is 52.6 Å². The van der Waals surface area contributed by atoms with E-state index in [4.69, 9.17) is 0 Å². The molecule has 1 atom stereocenters. The highest BCUT2D eigenvalue weighted by atomic mass is 19.1. The standard InChI is InChI=1S/C19H27FN2O2/c1-15-7-11-21(12-8-15)14-19(24)9-4-10-22(18(19)23)13-16-5-2-3-6-17(16)20/h2-3,5-6,15,24H,4,7-14H2,1H3/t19-/m1/s1. The zero-order valence-corrected chi connectivity index (χ0v) is 14.4. The number of likely N-dealkylation sites (tertiary alicyclic amines) is 2. The number of halogens is 1. The number of amides is 1. The fourth-order valence-corrected chi connectivity index (χ4v) is 3.79. The van der Waals surface area contributed by atoms with E-state index < -0.39 is 5.60 Å². The number of β-amino-alcohol motifs (C(OH)–C–C–N with tert-alkyl or cyclic N) is 1. The topological polar surface area (TPSA) is 43.8 Å². The van der Waals surface area contributed by atoms with Gasteiger partial charge in [0.25, 0.3) is 5.91 Å². The van der Waals surface area contributed by atoms with E-state index in [-0.39, 0.29) is 18.3 Å². The quantitative estimate of drug-likeness (QED) is 0.920. The van der Waals surface area contributed by atoms with Crippen molar-refractivity contribution in [2.75, 3.05) is 26.2 Å². The predicted octanol–water partition coefficient (Wildman–Crippen LogP) is 2.41. The van der Waals surface area contributed by atoms with Crippen molar-refractivity contribution in [2.24, 2.45) is 5.92 Å². The van der Waals surface area contributed by atoms with Crippen molar-refractivity contribution in [3.8, 4) is 0 Å². The van der Waals surface area contributed by atoms with Crippen LogP contribution in [0.3, 0.4) is 0 Å². The molecule has 5 heteroatoms. The van der Waals surface area contributed by atoms with Crippen LogP contribution in [0.1, 0.15) is 38.2 Å². The van der Waals surface area contributed by atoms with Crippen molar-refractivity contribution in [1.29, 1.82) is 0 Å². The van der Waals surface area contributed by atoms with Gasteiger partial charge in [0.15, 0.2) is 5.60 Å². The molecule has 0 radical (unpaired) electrons. The first-order valence-corrected chi connectivity index (χ1v) is 8.95. The maximum atomic E-state index is 13.9. The van der Waals surface area contributed by atoms with E-state index in [1.807, 2.05) is 0 Å². The summed E-state index contributed by atoms with van der Waals surface area (Å²) >= 11 is 0. The van der Waals surface area contributed by atoms with E-state index in [0.29, 0.717) is 25.1 Å². The monoisotopic (exact) mass is 334 g/mol. The molecule has 4 nitrogen and oxygen atoms in total. The average Bonchev–Trinajstić information content (AvgIpc) is 2.56. The first-order valence-electron chi connectivity index (χ1n) is 8.95. The van der Waals surface area contributed by atoms with Crippen molar-refractivity contribution in [3.63, 3.8) is 0 Å². The van der Waals surface area contributed by atoms with Crippen molar-refractivity contribution >= 4 is 5.91 Å². The second-order valence-corrected chi connectivity index (χ2v) is 7.41. The summed E-state index contributed by atoms with van der Waals surface area (Å²) in [5.41, 5.74) is -0.828. The van der Waals surface area contributed by atoms with Crippen LogP contribution in [0.15, 0.2) is 24.3 Å². The zero-order valence-electron chi connectivity index (χ0n) is 14.4. The van der Waals surface area contributed by atoms with Gasteiger partial charge >= 0.3 is 0 Å². The number of rotatable bonds is 4. The molecule has 0 saturated carbocycles. The molecule has 0 aliphatic carbocycles. The van der Waals surface area contributed by atoms with E-state index in [2.05, 4.69) is 11.8 Å². The van der Waals surface area contributed by atoms with Crippen LogP contribution >= 0.6 is 0 Å². The number of aliphatic hydroxyl groups is 1. The molecular weight excluding hydrogens is 307 g/mol. The van der Waals surface area contributed by atoms with E-state index in [1.54, 1.807) is 23.1 Å². The molecule has 2 fully saturated rings. The fourth-order valence-electron chi connectivity index (χ4n) is 3.79. The smallest absolute Gasteiger partial charge is 0.256 e. The largest absolute Gasteiger partial charge is 0.379 e. The minimum atomic E-state index is -1.33. The molecule has 0 spiro atoms. The normalized spacial score (nSPS) is 26.8. The minimum Gasteiger partial charge on any atom is -0.379 e. The highest BCUT2D eigenvalue weighted by Gasteiger charge is 2.43. The summed E-state index contributed by atoms with van der Waals surface area (Å²) in [4.78, 5) is 16.6. The lowest BCUT2D eigenvalue weighted by molar-refractivity contribution is -0.160. The second kappa shape index (κ2) is 7.19. The van der Waals surface area contributed by atoms with Crippen LogP contribution in [0.25, 0.3) is 0 Å². The van der Waals surface area contributed by atoms with Gasteiger partial charge in [-0.25, -0.2) is 4.39 Å². The summed E-state index contributed by atoms with van der Waals surface area (Å²) < 4.78 is 13.9. The summed E-state index contributed by atoms with van der Waals surface area (Å²) in [7, 11) is 0. The molecule has 2 saturated heterocycles. The van der Waals surface area contributed by atoms with E-state index in [9.17, 15) is 14.3 Å². The van der Waals surface area contributed by atoms with Crippen LogP contribution in [0.2, 0.25) is 0 Å². The van der Waals surface area contributed by atoms with Gasteiger partial charge in [-0.15, -0.1) is 0 Å². The average molecular weight is 334 g/mol. The van der Waals surface area contributed by atoms with Crippen molar-refractivity contribution in [1.82, 2.24) is 9.80 Å². The summed E-state index contributed by atoms with van der Waals surface area (Å²) in [6.07, 6.45) is 3.47. The van der Waals surface area contributed by atoms with Gasteiger partial charge in [0.05, 0.1) is 0 Å². The van der Waals surface area contributed by atoms with Gasteiger partial charge in [-0.1, -0.05) is 25.1 Å². The van der Waals surface area contributed by atoms with Gasteiger partial charge in [-0.05, 0) is 50.8 Å². The Balaban J connectivity index is 1.66. The Labute approximate surface area is 143 Å². The maximum absolute atomic E-state index is 13.9. The Morgan fingerprint density at radius 3 is 2.67 bits per heavy atom. The minimum absolute atomic E-state index is 0.227. The lowest BCUT2D eigenvalue weighted by Crippen LogP contribution is -2.59. The van der Waals surface area contributed by atoms with Crippen LogP contribution in [0, 0.1) is 11.7 Å². The maximum Gasteiger partial charge on any atom is 0.256 e. The van der Waals surface area contributed by atoms with Gasteiger partial charge in [0.1, 0.15) is 5.82 Å². The lowest BCUT2D eigenvalue weighted by atomic mass is 9.89. The Hall–Kier alpha value is -1.46. The van der Waals surface area contributed by atoms with Crippen LogP contribution in [0.5, 0.6) is 0 Å². The molecule has 24 heavy (non-hydrogen) atoms. The highest BCUT2D eigenvalue weighted by molar-refractivity contribution is 5.86. The number of carbonyl (C=O) groups is 1. The molecule has 0 aromatic heterocycles. The molecule has 3 rings (SSSR count).